The second-order valence-corrected chi connectivity index (χ2v) is 6.92. The quantitative estimate of drug-likeness (QED) is 0.848. The summed E-state index contributed by atoms with van der Waals surface area (Å²) in [6, 6.07) is 8.56. The monoisotopic (exact) mass is 294 g/mol. The predicted octanol–water partition coefficient (Wildman–Crippen LogP) is 4.24. The molecule has 1 saturated carbocycles. The molecule has 4 rings (SSSR count). The number of carbonyl (C=O) groups is 1. The normalized spacial score (nSPS) is 26.5. The largest absolute Gasteiger partial charge is 0.323 e. The average molecular weight is 294 g/mol. The standard InChI is InChI=1S/C19H22N2O/c1-13-6-8-14(9-7-13)19(22)10-17-15-4-2-3-5-16(15)18-11-20-12-21(17)18/h2-5,11-14,17H,6-10H2,1H3. The van der Waals surface area contributed by atoms with Crippen molar-refractivity contribution in [2.24, 2.45) is 11.8 Å². The Morgan fingerprint density at radius 3 is 2.82 bits per heavy atom. The van der Waals surface area contributed by atoms with Crippen LogP contribution in [-0.2, 0) is 4.79 Å². The van der Waals surface area contributed by atoms with E-state index in [0.717, 1.165) is 24.5 Å². The number of nitrogens with zero attached hydrogens (tertiary/aromatic N) is 2. The lowest BCUT2D eigenvalue weighted by molar-refractivity contribution is -0.124. The van der Waals surface area contributed by atoms with E-state index in [9.17, 15) is 4.79 Å². The first-order valence-electron chi connectivity index (χ1n) is 8.38. The van der Waals surface area contributed by atoms with Crippen molar-refractivity contribution < 1.29 is 4.79 Å². The minimum Gasteiger partial charge on any atom is -0.323 e. The van der Waals surface area contributed by atoms with Gasteiger partial charge >= 0.3 is 0 Å². The summed E-state index contributed by atoms with van der Waals surface area (Å²) in [6.45, 7) is 2.30. The lowest BCUT2D eigenvalue weighted by atomic mass is 9.79. The molecule has 0 N–H and O–H groups in total. The zero-order chi connectivity index (χ0) is 15.1. The number of hydrogen-bond acceptors (Lipinski definition) is 2. The molecule has 0 spiro atoms. The predicted molar refractivity (Wildman–Crippen MR) is 86.5 cm³/mol. The van der Waals surface area contributed by atoms with Crippen LogP contribution in [0.2, 0.25) is 0 Å². The van der Waals surface area contributed by atoms with Gasteiger partial charge in [0.1, 0.15) is 5.78 Å². The molecule has 3 nitrogen and oxygen atoms in total. The minimum absolute atomic E-state index is 0.139. The first kappa shape index (κ1) is 13.7. The maximum atomic E-state index is 12.8. The van der Waals surface area contributed by atoms with Gasteiger partial charge in [-0.05, 0) is 24.3 Å². The first-order chi connectivity index (χ1) is 10.7. The topological polar surface area (TPSA) is 34.9 Å². The fourth-order valence-corrected chi connectivity index (χ4v) is 4.08. The highest BCUT2D eigenvalue weighted by atomic mass is 16.1. The van der Waals surface area contributed by atoms with Gasteiger partial charge in [-0.3, -0.25) is 4.79 Å². The van der Waals surface area contributed by atoms with Gasteiger partial charge in [-0.2, -0.15) is 0 Å². The Morgan fingerprint density at radius 2 is 2.00 bits per heavy atom. The smallest absolute Gasteiger partial charge is 0.138 e. The van der Waals surface area contributed by atoms with Gasteiger partial charge in [0.15, 0.2) is 0 Å². The van der Waals surface area contributed by atoms with Crippen LogP contribution in [0.1, 0.15) is 50.6 Å². The molecule has 2 heterocycles. The van der Waals surface area contributed by atoms with Gasteiger partial charge < -0.3 is 4.57 Å². The molecule has 1 aliphatic carbocycles. The number of benzene rings is 1. The lowest BCUT2D eigenvalue weighted by Crippen LogP contribution is -2.23. The van der Waals surface area contributed by atoms with Crippen molar-refractivity contribution in [1.29, 1.82) is 0 Å². The van der Waals surface area contributed by atoms with Crippen LogP contribution in [0, 0.1) is 11.8 Å². The van der Waals surface area contributed by atoms with E-state index in [2.05, 4.69) is 40.7 Å². The van der Waals surface area contributed by atoms with Crippen LogP contribution >= 0.6 is 0 Å². The Balaban J connectivity index is 1.57. The summed E-state index contributed by atoms with van der Waals surface area (Å²) in [7, 11) is 0. The number of hydrogen-bond donors (Lipinski definition) is 0. The Morgan fingerprint density at radius 1 is 1.23 bits per heavy atom. The van der Waals surface area contributed by atoms with Crippen LogP contribution in [0.15, 0.2) is 36.8 Å². The molecule has 114 valence electrons. The molecule has 2 aromatic rings. The number of aromatic nitrogens is 2. The van der Waals surface area contributed by atoms with Crippen molar-refractivity contribution in [3.8, 4) is 11.3 Å². The molecular weight excluding hydrogens is 272 g/mol. The molecule has 1 aromatic carbocycles. The van der Waals surface area contributed by atoms with Gasteiger partial charge in [0, 0.05) is 17.9 Å². The molecular formula is C19H22N2O. The van der Waals surface area contributed by atoms with E-state index in [1.54, 1.807) is 0 Å². The average Bonchev–Trinajstić information content (AvgIpc) is 3.11. The second kappa shape index (κ2) is 5.38. The minimum atomic E-state index is 0.139. The Hall–Kier alpha value is -1.90. The van der Waals surface area contributed by atoms with Crippen LogP contribution in [0.5, 0.6) is 0 Å². The van der Waals surface area contributed by atoms with Gasteiger partial charge in [-0.25, -0.2) is 4.98 Å². The molecule has 1 unspecified atom stereocenters. The summed E-state index contributed by atoms with van der Waals surface area (Å²) >= 11 is 0. The third kappa shape index (κ3) is 2.20. The molecule has 3 heteroatoms. The summed E-state index contributed by atoms with van der Waals surface area (Å²) in [6.07, 6.45) is 8.94. The summed E-state index contributed by atoms with van der Waals surface area (Å²) < 4.78 is 2.17. The Kier molecular flexibility index (Phi) is 3.36. The summed E-state index contributed by atoms with van der Waals surface area (Å²) in [5.74, 6) is 1.50. The van der Waals surface area contributed by atoms with Crippen LogP contribution in [0.25, 0.3) is 11.3 Å². The van der Waals surface area contributed by atoms with E-state index in [0.29, 0.717) is 12.2 Å². The molecule has 22 heavy (non-hydrogen) atoms. The van der Waals surface area contributed by atoms with Gasteiger partial charge in [-0.1, -0.05) is 44.0 Å². The van der Waals surface area contributed by atoms with E-state index in [-0.39, 0.29) is 12.0 Å². The third-order valence-corrected chi connectivity index (χ3v) is 5.46. The zero-order valence-corrected chi connectivity index (χ0v) is 13.0. The number of imidazole rings is 1. The highest BCUT2D eigenvalue weighted by Crippen LogP contribution is 2.42. The van der Waals surface area contributed by atoms with Gasteiger partial charge in [0.05, 0.1) is 24.3 Å². The first-order valence-corrected chi connectivity index (χ1v) is 8.38. The zero-order valence-electron chi connectivity index (χ0n) is 13.0. The van der Waals surface area contributed by atoms with E-state index < -0.39 is 0 Å². The van der Waals surface area contributed by atoms with E-state index in [4.69, 9.17) is 0 Å². The van der Waals surface area contributed by atoms with E-state index >= 15 is 0 Å². The number of ketones is 1. The highest BCUT2D eigenvalue weighted by Gasteiger charge is 2.32. The van der Waals surface area contributed by atoms with Crippen molar-refractivity contribution >= 4 is 5.78 Å². The molecule has 1 fully saturated rings. The molecule has 0 saturated heterocycles. The number of Topliss-reactive ketones (excluding diaryl/α,β-unsaturated/α-hetero) is 1. The summed E-state index contributed by atoms with van der Waals surface area (Å²) in [4.78, 5) is 17.0. The molecule has 0 amide bonds. The van der Waals surface area contributed by atoms with Crippen molar-refractivity contribution in [2.75, 3.05) is 0 Å². The molecule has 1 atom stereocenters. The van der Waals surface area contributed by atoms with Crippen molar-refractivity contribution in [1.82, 2.24) is 9.55 Å². The SMILES string of the molecule is CC1CCC(C(=O)CC2c3ccccc3-c3cncn32)CC1. The lowest BCUT2D eigenvalue weighted by Gasteiger charge is -2.26. The van der Waals surface area contributed by atoms with E-state index in [1.165, 1.54) is 24.0 Å². The molecule has 1 aliphatic heterocycles. The second-order valence-electron chi connectivity index (χ2n) is 6.92. The molecule has 1 aromatic heterocycles. The fourth-order valence-electron chi connectivity index (χ4n) is 4.08. The third-order valence-electron chi connectivity index (χ3n) is 5.46. The molecule has 0 bridgehead atoms. The number of carbonyl (C=O) groups excluding carboxylic acids is 1. The Labute approximate surface area is 131 Å². The maximum Gasteiger partial charge on any atom is 0.138 e. The number of fused-ring (bicyclic) bond motifs is 3. The summed E-state index contributed by atoms with van der Waals surface area (Å²) in [5.41, 5.74) is 3.65. The maximum absolute atomic E-state index is 12.8. The molecule has 2 aliphatic rings. The van der Waals surface area contributed by atoms with Gasteiger partial charge in [0.2, 0.25) is 0 Å². The van der Waals surface area contributed by atoms with Crippen LogP contribution < -0.4 is 0 Å². The summed E-state index contributed by atoms with van der Waals surface area (Å²) in [5, 5.41) is 0. The van der Waals surface area contributed by atoms with Crippen LogP contribution in [-0.4, -0.2) is 15.3 Å². The number of rotatable bonds is 3. The molecule has 0 radical (unpaired) electrons. The fraction of sp³-hybridized carbons (Fsp3) is 0.474. The van der Waals surface area contributed by atoms with Crippen molar-refractivity contribution in [2.45, 2.75) is 45.1 Å². The van der Waals surface area contributed by atoms with Crippen molar-refractivity contribution in [3.63, 3.8) is 0 Å². The van der Waals surface area contributed by atoms with E-state index in [1.807, 2.05) is 12.5 Å². The van der Waals surface area contributed by atoms with Gasteiger partial charge in [-0.15, -0.1) is 0 Å². The Bertz CT molecular complexity index is 695. The van der Waals surface area contributed by atoms with Crippen LogP contribution in [0.4, 0.5) is 0 Å². The highest BCUT2D eigenvalue weighted by molar-refractivity contribution is 5.83. The van der Waals surface area contributed by atoms with Crippen molar-refractivity contribution in [3.05, 3.63) is 42.4 Å². The van der Waals surface area contributed by atoms with Gasteiger partial charge in [0.25, 0.3) is 0 Å². The van der Waals surface area contributed by atoms with Crippen LogP contribution in [0.3, 0.4) is 0 Å².